The lowest BCUT2D eigenvalue weighted by Gasteiger charge is -2.21. The van der Waals surface area contributed by atoms with Crippen LogP contribution in [0, 0.1) is 0 Å². The number of urea groups is 2. The zero-order valence-corrected chi connectivity index (χ0v) is 10.4. The third kappa shape index (κ3) is 2.90. The van der Waals surface area contributed by atoms with Crippen molar-refractivity contribution in [3.63, 3.8) is 0 Å². The highest BCUT2D eigenvalue weighted by Gasteiger charge is 2.22. The van der Waals surface area contributed by atoms with Crippen molar-refractivity contribution in [3.05, 3.63) is 17.8 Å². The van der Waals surface area contributed by atoms with E-state index in [9.17, 15) is 14.4 Å². The van der Waals surface area contributed by atoms with Crippen LogP contribution in [0.1, 0.15) is 10.4 Å². The molecule has 108 valence electrons. The Kier molecular flexibility index (Phi) is 4.40. The molecule has 1 aromatic rings. The van der Waals surface area contributed by atoms with Crippen LogP contribution in [0.2, 0.25) is 0 Å². The number of primary amides is 2. The molecule has 0 atom stereocenters. The first-order valence-electron chi connectivity index (χ1n) is 5.06. The van der Waals surface area contributed by atoms with Gasteiger partial charge < -0.3 is 16.2 Å². The van der Waals surface area contributed by atoms with E-state index in [-0.39, 0.29) is 17.1 Å². The molecule has 0 fully saturated rings. The largest absolute Gasteiger partial charge is 0.465 e. The summed E-state index contributed by atoms with van der Waals surface area (Å²) in [5.74, 6) is 9.81. The summed E-state index contributed by atoms with van der Waals surface area (Å²) in [6, 6.07) is -0.989. The number of nitrogens with zero attached hydrogens (tertiary/aromatic N) is 3. The van der Waals surface area contributed by atoms with Gasteiger partial charge in [0.05, 0.1) is 12.7 Å². The van der Waals surface area contributed by atoms with E-state index in [1.54, 1.807) is 0 Å². The van der Waals surface area contributed by atoms with Crippen molar-refractivity contribution in [1.29, 1.82) is 0 Å². The van der Waals surface area contributed by atoms with Gasteiger partial charge in [0.15, 0.2) is 5.82 Å². The fourth-order valence-corrected chi connectivity index (χ4v) is 1.26. The molecule has 11 heteroatoms. The Bertz CT molecular complexity index is 561. The molecular formula is C9H13N7O4. The molecule has 0 aliphatic heterocycles. The Hall–Kier alpha value is -2.92. The third-order valence-corrected chi connectivity index (χ3v) is 2.23. The molecule has 4 amide bonds. The average molecular weight is 283 g/mol. The van der Waals surface area contributed by atoms with Gasteiger partial charge >= 0.3 is 18.0 Å². The summed E-state index contributed by atoms with van der Waals surface area (Å²) in [6.45, 7) is 0. The number of rotatable bonds is 3. The topological polar surface area (TPSA) is 184 Å². The molecule has 1 heterocycles. The van der Waals surface area contributed by atoms with E-state index in [1.165, 1.54) is 0 Å². The summed E-state index contributed by atoms with van der Waals surface area (Å²) < 4.78 is 4.49. The lowest BCUT2D eigenvalue weighted by molar-refractivity contribution is 0.0600. The zero-order valence-electron chi connectivity index (χ0n) is 10.4. The Morgan fingerprint density at radius 1 is 1.15 bits per heavy atom. The van der Waals surface area contributed by atoms with Gasteiger partial charge in [-0.25, -0.2) is 41.1 Å². The van der Waals surface area contributed by atoms with Crippen molar-refractivity contribution in [2.45, 2.75) is 0 Å². The molecule has 0 aliphatic carbocycles. The van der Waals surface area contributed by atoms with Crippen molar-refractivity contribution in [2.24, 2.45) is 23.2 Å². The zero-order chi connectivity index (χ0) is 15.4. The molecular weight excluding hydrogens is 270 g/mol. The summed E-state index contributed by atoms with van der Waals surface area (Å²) in [5.41, 5.74) is 9.79. The van der Waals surface area contributed by atoms with Crippen LogP contribution < -0.4 is 33.2 Å². The molecule has 0 spiro atoms. The van der Waals surface area contributed by atoms with E-state index in [0.29, 0.717) is 10.0 Å². The van der Waals surface area contributed by atoms with Crippen LogP contribution in [0.3, 0.4) is 0 Å². The molecule has 0 saturated heterocycles. The molecule has 0 saturated carbocycles. The minimum absolute atomic E-state index is 0.0270. The number of hydrogen-bond donors (Lipinski definition) is 4. The first-order chi connectivity index (χ1) is 9.29. The van der Waals surface area contributed by atoms with Gasteiger partial charge in [0.1, 0.15) is 5.69 Å². The molecule has 20 heavy (non-hydrogen) atoms. The van der Waals surface area contributed by atoms with E-state index in [1.807, 2.05) is 0 Å². The van der Waals surface area contributed by atoms with Crippen molar-refractivity contribution in [2.75, 3.05) is 17.1 Å². The van der Waals surface area contributed by atoms with Gasteiger partial charge in [0, 0.05) is 6.20 Å². The maximum absolute atomic E-state index is 11.4. The number of esters is 1. The predicted molar refractivity (Wildman–Crippen MR) is 68.1 cm³/mol. The quantitative estimate of drug-likeness (QED) is 0.222. The molecule has 0 unspecified atom stereocenters. The van der Waals surface area contributed by atoms with E-state index in [4.69, 9.17) is 23.2 Å². The number of pyridine rings is 1. The minimum atomic E-state index is -1.06. The maximum atomic E-state index is 11.4. The van der Waals surface area contributed by atoms with Crippen molar-refractivity contribution >= 4 is 29.5 Å². The highest BCUT2D eigenvalue weighted by atomic mass is 16.5. The number of ether oxygens (including phenoxy) is 1. The smallest absolute Gasteiger partial charge is 0.339 e. The Labute approximate surface area is 113 Å². The van der Waals surface area contributed by atoms with Crippen LogP contribution in [0.4, 0.5) is 21.1 Å². The van der Waals surface area contributed by atoms with Crippen molar-refractivity contribution in [3.8, 4) is 0 Å². The van der Waals surface area contributed by atoms with Crippen LogP contribution in [0.25, 0.3) is 0 Å². The molecule has 0 aliphatic rings. The second-order valence-corrected chi connectivity index (χ2v) is 3.47. The van der Waals surface area contributed by atoms with Crippen molar-refractivity contribution < 1.29 is 19.1 Å². The lowest BCUT2D eigenvalue weighted by Crippen LogP contribution is -2.46. The highest BCUT2D eigenvalue weighted by molar-refractivity contribution is 6.00. The van der Waals surface area contributed by atoms with Gasteiger partial charge in [-0.2, -0.15) is 0 Å². The Morgan fingerprint density at radius 2 is 1.70 bits per heavy atom. The number of amides is 4. The third-order valence-electron chi connectivity index (χ3n) is 2.23. The SMILES string of the molecule is COC(=O)c1cnc(N(N)C(N)=O)c(N(N)C(N)=O)c1. The summed E-state index contributed by atoms with van der Waals surface area (Å²) in [4.78, 5) is 37.3. The number of methoxy groups -OCH3 is 1. The number of hydrazine groups is 2. The van der Waals surface area contributed by atoms with E-state index >= 15 is 0 Å². The Balaban J connectivity index is 3.41. The molecule has 1 rings (SSSR count). The second kappa shape index (κ2) is 5.81. The van der Waals surface area contributed by atoms with Crippen LogP contribution >= 0.6 is 0 Å². The van der Waals surface area contributed by atoms with E-state index in [0.717, 1.165) is 19.4 Å². The van der Waals surface area contributed by atoms with Gasteiger partial charge in [0.2, 0.25) is 0 Å². The number of nitrogens with two attached hydrogens (primary N) is 4. The Morgan fingerprint density at radius 3 is 2.15 bits per heavy atom. The monoisotopic (exact) mass is 283 g/mol. The highest BCUT2D eigenvalue weighted by Crippen LogP contribution is 2.25. The summed E-state index contributed by atoms with van der Waals surface area (Å²) in [5, 5.41) is 0.900. The predicted octanol–water partition coefficient (Wildman–Crippen LogP) is -1.61. The fraction of sp³-hybridized carbons (Fsp3) is 0.111. The van der Waals surface area contributed by atoms with Crippen molar-refractivity contribution in [1.82, 2.24) is 4.98 Å². The second-order valence-electron chi connectivity index (χ2n) is 3.47. The summed E-state index contributed by atoms with van der Waals surface area (Å²) >= 11 is 0. The van der Waals surface area contributed by atoms with Gasteiger partial charge in [0.25, 0.3) is 0 Å². The minimum Gasteiger partial charge on any atom is -0.465 e. The molecule has 0 bridgehead atoms. The first-order valence-corrected chi connectivity index (χ1v) is 5.06. The van der Waals surface area contributed by atoms with Crippen LogP contribution in [-0.2, 0) is 4.74 Å². The standard InChI is InChI=1S/C9H13N7O4/c1-20-7(17)4-2-5(15(12)8(10)18)6(14-3-4)16(13)9(11)19/h2-3H,12-13H2,1H3,(H2,10,18)(H2,11,19). The average Bonchev–Trinajstić information content (AvgIpc) is 2.43. The molecule has 11 nitrogen and oxygen atoms in total. The number of hydrogen-bond acceptors (Lipinski definition) is 7. The van der Waals surface area contributed by atoms with Gasteiger partial charge in [-0.05, 0) is 6.07 Å². The van der Waals surface area contributed by atoms with E-state index in [2.05, 4.69) is 9.72 Å². The molecule has 0 aromatic carbocycles. The number of anilines is 2. The fourth-order valence-electron chi connectivity index (χ4n) is 1.26. The van der Waals surface area contributed by atoms with Gasteiger partial charge in [-0.1, -0.05) is 0 Å². The van der Waals surface area contributed by atoms with Crippen LogP contribution in [0.5, 0.6) is 0 Å². The molecule has 8 N–H and O–H groups in total. The number of aromatic nitrogens is 1. The van der Waals surface area contributed by atoms with E-state index < -0.39 is 18.0 Å². The number of carbonyl (C=O) groups excluding carboxylic acids is 3. The van der Waals surface area contributed by atoms with Crippen LogP contribution in [0.15, 0.2) is 12.3 Å². The summed E-state index contributed by atoms with van der Waals surface area (Å²) in [6.07, 6.45) is 1.07. The van der Waals surface area contributed by atoms with Gasteiger partial charge in [-0.3, -0.25) is 0 Å². The molecule has 1 aromatic heterocycles. The summed E-state index contributed by atoms with van der Waals surface area (Å²) in [7, 11) is 1.16. The van der Waals surface area contributed by atoms with Crippen LogP contribution in [-0.4, -0.2) is 30.1 Å². The lowest BCUT2D eigenvalue weighted by atomic mass is 10.2. The normalized spacial score (nSPS) is 9.75. The number of carbonyl (C=O) groups is 3. The maximum Gasteiger partial charge on any atom is 0.339 e. The first kappa shape index (κ1) is 15.1. The van der Waals surface area contributed by atoms with Gasteiger partial charge in [-0.15, -0.1) is 0 Å². The molecule has 0 radical (unpaired) electrons.